The summed E-state index contributed by atoms with van der Waals surface area (Å²) in [4.78, 5) is 28.1. The Morgan fingerprint density at radius 3 is 2.54 bits per heavy atom. The van der Waals surface area contributed by atoms with Crippen molar-refractivity contribution in [2.75, 3.05) is 32.7 Å². The summed E-state index contributed by atoms with van der Waals surface area (Å²) < 4.78 is 15.0. The smallest absolute Gasteiger partial charge is 0.342 e. The first-order valence-corrected chi connectivity index (χ1v) is 7.63. The number of nitrogens with zero attached hydrogens (tertiary/aromatic N) is 2. The summed E-state index contributed by atoms with van der Waals surface area (Å²) in [6, 6.07) is 9.83. The minimum atomic E-state index is -0.643. The molecule has 0 saturated carbocycles. The van der Waals surface area contributed by atoms with Gasteiger partial charge >= 0.3 is 11.9 Å². The number of nitrogens with one attached hydrogen (secondary N) is 1. The van der Waals surface area contributed by atoms with Gasteiger partial charge in [-0.2, -0.15) is 5.26 Å². The predicted octanol–water partition coefficient (Wildman–Crippen LogP) is 2.02. The Kier molecular flexibility index (Phi) is 6.51. The molecular formula is C18H17N3O5. The zero-order valence-corrected chi connectivity index (χ0v) is 14.3. The van der Waals surface area contributed by atoms with Gasteiger partial charge in [0.15, 0.2) is 0 Å². The highest BCUT2D eigenvalue weighted by Crippen LogP contribution is 2.25. The van der Waals surface area contributed by atoms with E-state index in [1.165, 1.54) is 32.4 Å². The number of carbonyl (C=O) groups is 2. The summed E-state index contributed by atoms with van der Waals surface area (Å²) in [6.45, 7) is 0.294. The lowest BCUT2D eigenvalue weighted by Crippen LogP contribution is -2.16. The average molecular weight is 355 g/mol. The highest BCUT2D eigenvalue weighted by Gasteiger charge is 2.21. The SMILES string of the molecule is COC(=O)c1cccc(C(=O)OCCNc2ncccc2C#N)c1OC. The van der Waals surface area contributed by atoms with Gasteiger partial charge in [-0.3, -0.25) is 0 Å². The van der Waals surface area contributed by atoms with E-state index in [1.807, 2.05) is 6.07 Å². The van der Waals surface area contributed by atoms with Crippen LogP contribution in [0, 0.1) is 11.3 Å². The van der Waals surface area contributed by atoms with Crippen molar-refractivity contribution >= 4 is 17.8 Å². The van der Waals surface area contributed by atoms with Crippen molar-refractivity contribution in [3.05, 3.63) is 53.2 Å². The summed E-state index contributed by atoms with van der Waals surface area (Å²) in [6.07, 6.45) is 1.55. The molecule has 0 amide bonds. The van der Waals surface area contributed by atoms with Gasteiger partial charge in [-0.1, -0.05) is 6.07 Å². The summed E-state index contributed by atoms with van der Waals surface area (Å²) in [5, 5.41) is 11.9. The van der Waals surface area contributed by atoms with Gasteiger partial charge in [-0.05, 0) is 24.3 Å². The van der Waals surface area contributed by atoms with Crippen molar-refractivity contribution in [3.63, 3.8) is 0 Å². The van der Waals surface area contributed by atoms with Crippen molar-refractivity contribution in [3.8, 4) is 11.8 Å². The Balaban J connectivity index is 2.00. The van der Waals surface area contributed by atoms with Gasteiger partial charge in [0.2, 0.25) is 0 Å². The van der Waals surface area contributed by atoms with Crippen LogP contribution in [-0.2, 0) is 9.47 Å². The maximum absolute atomic E-state index is 12.3. The number of anilines is 1. The van der Waals surface area contributed by atoms with Crippen LogP contribution in [0.1, 0.15) is 26.3 Å². The molecule has 0 fully saturated rings. The van der Waals surface area contributed by atoms with Crippen LogP contribution in [0.5, 0.6) is 5.75 Å². The van der Waals surface area contributed by atoms with Crippen LogP contribution in [0.3, 0.4) is 0 Å². The van der Waals surface area contributed by atoms with E-state index in [1.54, 1.807) is 18.3 Å². The predicted molar refractivity (Wildman–Crippen MR) is 92.1 cm³/mol. The molecule has 1 heterocycles. The van der Waals surface area contributed by atoms with Crippen LogP contribution >= 0.6 is 0 Å². The van der Waals surface area contributed by atoms with Gasteiger partial charge < -0.3 is 19.5 Å². The van der Waals surface area contributed by atoms with E-state index in [4.69, 9.17) is 14.7 Å². The van der Waals surface area contributed by atoms with Crippen LogP contribution in [-0.4, -0.2) is 44.3 Å². The number of carbonyl (C=O) groups excluding carboxylic acids is 2. The maximum Gasteiger partial charge on any atom is 0.342 e. The van der Waals surface area contributed by atoms with E-state index in [0.717, 1.165) is 0 Å². The number of benzene rings is 1. The largest absolute Gasteiger partial charge is 0.495 e. The monoisotopic (exact) mass is 355 g/mol. The molecule has 0 bridgehead atoms. The van der Waals surface area contributed by atoms with Gasteiger partial charge in [-0.15, -0.1) is 0 Å². The first kappa shape index (κ1) is 18.7. The van der Waals surface area contributed by atoms with Crippen LogP contribution in [0.2, 0.25) is 0 Å². The van der Waals surface area contributed by atoms with E-state index < -0.39 is 11.9 Å². The number of rotatable bonds is 7. The molecule has 1 aromatic heterocycles. The van der Waals surface area contributed by atoms with E-state index in [0.29, 0.717) is 11.4 Å². The Labute approximate surface area is 150 Å². The molecule has 2 aromatic rings. The fourth-order valence-electron chi connectivity index (χ4n) is 2.22. The highest BCUT2D eigenvalue weighted by molar-refractivity contribution is 6.00. The highest BCUT2D eigenvalue weighted by atomic mass is 16.5. The van der Waals surface area contributed by atoms with E-state index in [2.05, 4.69) is 15.0 Å². The molecule has 0 aliphatic heterocycles. The minimum Gasteiger partial charge on any atom is -0.495 e. The zero-order valence-electron chi connectivity index (χ0n) is 14.3. The molecule has 1 N–H and O–H groups in total. The van der Waals surface area contributed by atoms with Crippen LogP contribution in [0.15, 0.2) is 36.5 Å². The lowest BCUT2D eigenvalue weighted by molar-refractivity contribution is 0.0516. The molecule has 8 heteroatoms. The van der Waals surface area contributed by atoms with Gasteiger partial charge in [0.1, 0.15) is 35.4 Å². The summed E-state index contributed by atoms with van der Waals surface area (Å²) in [7, 11) is 2.59. The van der Waals surface area contributed by atoms with Crippen molar-refractivity contribution in [1.29, 1.82) is 5.26 Å². The molecule has 8 nitrogen and oxygen atoms in total. The number of ether oxygens (including phenoxy) is 3. The Morgan fingerprint density at radius 1 is 1.15 bits per heavy atom. The second kappa shape index (κ2) is 9.03. The Bertz CT molecular complexity index is 845. The number of pyridine rings is 1. The number of hydrogen-bond acceptors (Lipinski definition) is 8. The topological polar surface area (TPSA) is 111 Å². The molecule has 0 aliphatic rings. The molecule has 0 radical (unpaired) electrons. The summed E-state index contributed by atoms with van der Waals surface area (Å²) in [5.41, 5.74) is 0.645. The van der Waals surface area contributed by atoms with Gasteiger partial charge in [-0.25, -0.2) is 14.6 Å². The van der Waals surface area contributed by atoms with E-state index in [9.17, 15) is 9.59 Å². The third-order valence-electron chi connectivity index (χ3n) is 3.40. The van der Waals surface area contributed by atoms with Crippen LogP contribution in [0.25, 0.3) is 0 Å². The molecule has 0 spiro atoms. The maximum atomic E-state index is 12.3. The second-order valence-corrected chi connectivity index (χ2v) is 4.95. The number of para-hydroxylation sites is 1. The summed E-state index contributed by atoms with van der Waals surface area (Å²) >= 11 is 0. The van der Waals surface area contributed by atoms with Crippen molar-refractivity contribution in [2.24, 2.45) is 0 Å². The minimum absolute atomic E-state index is 0.0336. The van der Waals surface area contributed by atoms with Gasteiger partial charge in [0.05, 0.1) is 26.3 Å². The number of hydrogen-bond donors (Lipinski definition) is 1. The molecule has 0 saturated heterocycles. The van der Waals surface area contributed by atoms with Gasteiger partial charge in [0.25, 0.3) is 0 Å². The van der Waals surface area contributed by atoms with E-state index in [-0.39, 0.29) is 30.0 Å². The molecule has 0 atom stereocenters. The fraction of sp³-hybridized carbons (Fsp3) is 0.222. The number of esters is 2. The molecular weight excluding hydrogens is 338 g/mol. The lowest BCUT2D eigenvalue weighted by Gasteiger charge is -2.12. The summed E-state index contributed by atoms with van der Waals surface area (Å²) in [5.74, 6) is -0.751. The molecule has 134 valence electrons. The molecule has 26 heavy (non-hydrogen) atoms. The van der Waals surface area contributed by atoms with Crippen LogP contribution in [0.4, 0.5) is 5.82 Å². The third-order valence-corrected chi connectivity index (χ3v) is 3.40. The molecule has 0 unspecified atom stereocenters. The molecule has 1 aromatic carbocycles. The Hall–Kier alpha value is -3.60. The second-order valence-electron chi connectivity index (χ2n) is 4.95. The number of aromatic nitrogens is 1. The Morgan fingerprint density at radius 2 is 1.88 bits per heavy atom. The van der Waals surface area contributed by atoms with Crippen molar-refractivity contribution in [1.82, 2.24) is 4.98 Å². The van der Waals surface area contributed by atoms with Gasteiger partial charge in [0, 0.05) is 6.20 Å². The van der Waals surface area contributed by atoms with Crippen molar-refractivity contribution < 1.29 is 23.8 Å². The molecule has 0 aliphatic carbocycles. The third kappa shape index (κ3) is 4.27. The normalized spacial score (nSPS) is 9.73. The average Bonchev–Trinajstić information content (AvgIpc) is 2.69. The first-order valence-electron chi connectivity index (χ1n) is 7.63. The van der Waals surface area contributed by atoms with E-state index >= 15 is 0 Å². The number of nitriles is 1. The quantitative estimate of drug-likeness (QED) is 0.593. The zero-order chi connectivity index (χ0) is 18.9. The first-order chi connectivity index (χ1) is 12.6. The fourth-order valence-corrected chi connectivity index (χ4v) is 2.22. The lowest BCUT2D eigenvalue weighted by atomic mass is 10.1. The standard InChI is InChI=1S/C18H17N3O5/c1-24-15-13(17(22)25-2)6-3-7-14(15)18(23)26-10-9-21-16-12(11-19)5-4-8-20-16/h3-8H,9-10H2,1-2H3,(H,20,21). The van der Waals surface area contributed by atoms with Crippen molar-refractivity contribution in [2.45, 2.75) is 0 Å². The molecule has 2 rings (SSSR count). The van der Waals surface area contributed by atoms with Crippen LogP contribution < -0.4 is 10.1 Å². The number of methoxy groups -OCH3 is 2.